The van der Waals surface area contributed by atoms with Gasteiger partial charge in [0.15, 0.2) is 17.8 Å². The monoisotopic (exact) mass is 455 g/mol. The summed E-state index contributed by atoms with van der Waals surface area (Å²) >= 11 is 6.49. The van der Waals surface area contributed by atoms with E-state index in [9.17, 15) is 14.9 Å². The SMILES string of the molecule is O=Cc1cn(-c2nc3ncccc3cc2-c2ccccc2Cl)nc1-c1ccc([N+](=O)[O-])cc1. The van der Waals surface area contributed by atoms with Crippen LogP contribution in [0.5, 0.6) is 0 Å². The molecule has 8 nitrogen and oxygen atoms in total. The van der Waals surface area contributed by atoms with Gasteiger partial charge in [-0.2, -0.15) is 5.10 Å². The minimum atomic E-state index is -0.481. The Bertz CT molecular complexity index is 1530. The molecule has 0 spiro atoms. The molecule has 0 fully saturated rings. The Balaban J connectivity index is 1.72. The van der Waals surface area contributed by atoms with Gasteiger partial charge in [0.2, 0.25) is 0 Å². The average Bonchev–Trinajstić information content (AvgIpc) is 3.28. The van der Waals surface area contributed by atoms with Gasteiger partial charge in [-0.1, -0.05) is 29.8 Å². The second-order valence-electron chi connectivity index (χ2n) is 7.19. The predicted octanol–water partition coefficient (Wildman–Crippen LogP) is 5.52. The topological polar surface area (TPSA) is 104 Å². The van der Waals surface area contributed by atoms with E-state index in [-0.39, 0.29) is 5.69 Å². The standard InChI is InChI=1S/C24H14ClN5O3/c25-21-6-2-1-5-19(21)20-12-16-4-3-11-26-23(16)27-24(20)29-13-17(14-31)22(28-29)15-7-9-18(10-8-15)30(32)33/h1-14H. The van der Waals surface area contributed by atoms with Crippen molar-refractivity contribution < 1.29 is 9.72 Å². The molecule has 0 saturated heterocycles. The Morgan fingerprint density at radius 1 is 1.00 bits per heavy atom. The van der Waals surface area contributed by atoms with Crippen LogP contribution in [-0.2, 0) is 0 Å². The first kappa shape index (κ1) is 20.5. The molecule has 0 radical (unpaired) electrons. The molecule has 5 rings (SSSR count). The number of aldehydes is 1. The number of pyridine rings is 2. The van der Waals surface area contributed by atoms with Crippen LogP contribution < -0.4 is 0 Å². The maximum Gasteiger partial charge on any atom is 0.269 e. The zero-order chi connectivity index (χ0) is 22.9. The maximum absolute atomic E-state index is 11.8. The number of fused-ring (bicyclic) bond motifs is 1. The minimum absolute atomic E-state index is 0.0471. The van der Waals surface area contributed by atoms with Gasteiger partial charge in [-0.3, -0.25) is 14.9 Å². The third-order valence-corrected chi connectivity index (χ3v) is 5.50. The highest BCUT2D eigenvalue weighted by atomic mass is 35.5. The summed E-state index contributed by atoms with van der Waals surface area (Å²) in [5, 5.41) is 16.9. The van der Waals surface area contributed by atoms with Crippen LogP contribution in [0, 0.1) is 10.1 Å². The quantitative estimate of drug-likeness (QED) is 0.196. The Labute approximate surface area is 192 Å². The van der Waals surface area contributed by atoms with Crippen LogP contribution in [0.4, 0.5) is 5.69 Å². The van der Waals surface area contributed by atoms with Crippen LogP contribution in [0.25, 0.3) is 39.2 Å². The highest BCUT2D eigenvalue weighted by Gasteiger charge is 2.19. The Morgan fingerprint density at radius 2 is 1.79 bits per heavy atom. The third kappa shape index (κ3) is 3.72. The molecule has 0 amide bonds. The Kier molecular flexibility index (Phi) is 5.12. The molecule has 5 aromatic rings. The van der Waals surface area contributed by atoms with Crippen LogP contribution >= 0.6 is 11.6 Å². The molecule has 0 unspecified atom stereocenters. The molecule has 9 heteroatoms. The van der Waals surface area contributed by atoms with E-state index >= 15 is 0 Å². The summed E-state index contributed by atoms with van der Waals surface area (Å²) in [5.41, 5.74) is 3.21. The average molecular weight is 456 g/mol. The van der Waals surface area contributed by atoms with Gasteiger partial charge in [0.05, 0.1) is 10.5 Å². The molecule has 0 aliphatic carbocycles. The second kappa shape index (κ2) is 8.25. The molecule has 160 valence electrons. The van der Waals surface area contributed by atoms with Crippen LogP contribution in [0.2, 0.25) is 5.02 Å². The molecule has 33 heavy (non-hydrogen) atoms. The molecule has 0 N–H and O–H groups in total. The number of carbonyl (C=O) groups is 1. The summed E-state index contributed by atoms with van der Waals surface area (Å²) in [6.45, 7) is 0. The van der Waals surface area contributed by atoms with E-state index in [0.717, 1.165) is 16.5 Å². The number of non-ortho nitro benzene ring substituents is 1. The fourth-order valence-electron chi connectivity index (χ4n) is 3.60. The van der Waals surface area contributed by atoms with Gasteiger partial charge in [0.1, 0.15) is 5.69 Å². The zero-order valence-electron chi connectivity index (χ0n) is 16.9. The maximum atomic E-state index is 11.8. The van der Waals surface area contributed by atoms with Crippen LogP contribution in [0.1, 0.15) is 10.4 Å². The van der Waals surface area contributed by atoms with Crippen molar-refractivity contribution in [3.63, 3.8) is 0 Å². The fourth-order valence-corrected chi connectivity index (χ4v) is 3.83. The molecule has 0 aliphatic rings. The van der Waals surface area contributed by atoms with E-state index in [0.29, 0.717) is 39.6 Å². The van der Waals surface area contributed by atoms with E-state index in [4.69, 9.17) is 16.6 Å². The van der Waals surface area contributed by atoms with Gasteiger partial charge in [-0.25, -0.2) is 14.6 Å². The van der Waals surface area contributed by atoms with Gasteiger partial charge >= 0.3 is 0 Å². The van der Waals surface area contributed by atoms with E-state index in [1.807, 2.05) is 36.4 Å². The van der Waals surface area contributed by atoms with Crippen molar-refractivity contribution in [1.29, 1.82) is 0 Å². The number of nitro groups is 1. The van der Waals surface area contributed by atoms with Gasteiger partial charge in [-0.05, 0) is 36.4 Å². The highest BCUT2D eigenvalue weighted by Crippen LogP contribution is 2.34. The lowest BCUT2D eigenvalue weighted by atomic mass is 10.0. The van der Waals surface area contributed by atoms with Crippen molar-refractivity contribution in [2.24, 2.45) is 0 Å². The summed E-state index contributed by atoms with van der Waals surface area (Å²) < 4.78 is 1.51. The van der Waals surface area contributed by atoms with Crippen molar-refractivity contribution in [2.75, 3.05) is 0 Å². The first-order chi connectivity index (χ1) is 16.0. The first-order valence-corrected chi connectivity index (χ1v) is 10.2. The fraction of sp³-hybridized carbons (Fsp3) is 0. The third-order valence-electron chi connectivity index (χ3n) is 5.17. The lowest BCUT2D eigenvalue weighted by molar-refractivity contribution is -0.384. The minimum Gasteiger partial charge on any atom is -0.298 e. The molecule has 2 aromatic carbocycles. The number of nitro benzene ring substituents is 1. The number of carbonyl (C=O) groups excluding carboxylic acids is 1. The molecular weight excluding hydrogens is 442 g/mol. The Morgan fingerprint density at radius 3 is 2.52 bits per heavy atom. The number of nitrogens with zero attached hydrogens (tertiary/aromatic N) is 5. The smallest absolute Gasteiger partial charge is 0.269 e. The van der Waals surface area contributed by atoms with Crippen LogP contribution in [-0.4, -0.2) is 31.0 Å². The van der Waals surface area contributed by atoms with Crippen LogP contribution in [0.3, 0.4) is 0 Å². The number of hydrogen-bond acceptors (Lipinski definition) is 6. The second-order valence-corrected chi connectivity index (χ2v) is 7.60. The molecule has 3 heterocycles. The number of hydrogen-bond donors (Lipinski definition) is 0. The van der Waals surface area contributed by atoms with E-state index in [1.165, 1.54) is 16.8 Å². The van der Waals surface area contributed by atoms with Gasteiger partial charge in [-0.15, -0.1) is 0 Å². The largest absolute Gasteiger partial charge is 0.298 e. The van der Waals surface area contributed by atoms with Crippen molar-refractivity contribution in [3.8, 4) is 28.2 Å². The van der Waals surface area contributed by atoms with E-state index in [1.54, 1.807) is 30.6 Å². The van der Waals surface area contributed by atoms with Gasteiger partial charge in [0, 0.05) is 51.6 Å². The molecule has 3 aromatic heterocycles. The molecule has 0 bridgehead atoms. The first-order valence-electron chi connectivity index (χ1n) is 9.86. The molecular formula is C24H14ClN5O3. The summed E-state index contributed by atoms with van der Waals surface area (Å²) in [4.78, 5) is 31.4. The lowest BCUT2D eigenvalue weighted by Gasteiger charge is -2.12. The van der Waals surface area contributed by atoms with Crippen molar-refractivity contribution in [2.45, 2.75) is 0 Å². The lowest BCUT2D eigenvalue weighted by Crippen LogP contribution is -2.03. The number of aromatic nitrogens is 4. The van der Waals surface area contributed by atoms with Crippen molar-refractivity contribution in [3.05, 3.63) is 99.8 Å². The zero-order valence-corrected chi connectivity index (χ0v) is 17.7. The highest BCUT2D eigenvalue weighted by molar-refractivity contribution is 6.33. The predicted molar refractivity (Wildman–Crippen MR) is 125 cm³/mol. The van der Waals surface area contributed by atoms with Crippen molar-refractivity contribution >= 4 is 34.6 Å². The normalized spacial score (nSPS) is 10.9. The van der Waals surface area contributed by atoms with Gasteiger partial charge in [0.25, 0.3) is 5.69 Å². The molecule has 0 atom stereocenters. The number of benzene rings is 2. The summed E-state index contributed by atoms with van der Waals surface area (Å²) in [6.07, 6.45) is 3.91. The van der Waals surface area contributed by atoms with E-state index < -0.39 is 4.92 Å². The summed E-state index contributed by atoms with van der Waals surface area (Å²) in [7, 11) is 0. The summed E-state index contributed by atoms with van der Waals surface area (Å²) in [5.74, 6) is 0.450. The number of rotatable bonds is 5. The molecule has 0 aliphatic heterocycles. The van der Waals surface area contributed by atoms with Gasteiger partial charge < -0.3 is 0 Å². The Hall–Kier alpha value is -4.43. The van der Waals surface area contributed by atoms with E-state index in [2.05, 4.69) is 10.1 Å². The summed E-state index contributed by atoms with van der Waals surface area (Å²) in [6, 6.07) is 18.9. The van der Waals surface area contributed by atoms with Crippen molar-refractivity contribution in [1.82, 2.24) is 19.7 Å². The molecule has 0 saturated carbocycles. The number of halogens is 1. The van der Waals surface area contributed by atoms with Crippen LogP contribution in [0.15, 0.2) is 79.1 Å².